The molecule has 0 amide bonds. The Morgan fingerprint density at radius 3 is 2.30 bits per heavy atom. The van der Waals surface area contributed by atoms with Crippen LogP contribution in [-0.4, -0.2) is 25.0 Å². The van der Waals surface area contributed by atoms with E-state index in [1.165, 1.54) is 0 Å². The lowest BCUT2D eigenvalue weighted by Gasteiger charge is -2.09. The van der Waals surface area contributed by atoms with Crippen LogP contribution in [0.4, 0.5) is 17.6 Å². The number of aliphatic imine (C=N–C) groups is 1. The third kappa shape index (κ3) is 2.59. The third-order valence-corrected chi connectivity index (χ3v) is 0.674. The molecular weight excluding hydrogens is 154 g/mol. The molecule has 0 bridgehead atoms. The second-order valence-corrected chi connectivity index (χ2v) is 1.47. The molecule has 2 nitrogen and oxygen atoms in total. The average molecular weight is 157 g/mol. The maximum atomic E-state index is 11.7. The van der Waals surface area contributed by atoms with Crippen molar-refractivity contribution >= 4 is 6.08 Å². The van der Waals surface area contributed by atoms with Gasteiger partial charge in [0.1, 0.15) is 6.54 Å². The molecule has 0 aromatic rings. The van der Waals surface area contributed by atoms with Crippen LogP contribution >= 0.6 is 0 Å². The van der Waals surface area contributed by atoms with Gasteiger partial charge < -0.3 is 0 Å². The van der Waals surface area contributed by atoms with E-state index in [0.29, 0.717) is 0 Å². The first-order valence-electron chi connectivity index (χ1n) is 2.20. The Balaban J connectivity index is 3.98. The summed E-state index contributed by atoms with van der Waals surface area (Å²) in [4.78, 5) is 11.5. The molecule has 0 spiro atoms. The van der Waals surface area contributed by atoms with Crippen LogP contribution in [0, 0.1) is 0 Å². The monoisotopic (exact) mass is 157 g/mol. The van der Waals surface area contributed by atoms with Gasteiger partial charge in [-0.2, -0.15) is 13.8 Å². The van der Waals surface area contributed by atoms with E-state index in [0.717, 1.165) is 6.08 Å². The van der Waals surface area contributed by atoms with Crippen LogP contribution in [0.2, 0.25) is 0 Å². The van der Waals surface area contributed by atoms with E-state index in [-0.39, 0.29) is 0 Å². The molecule has 0 N–H and O–H groups in total. The standard InChI is InChI=1S/C4H3F4NO/c5-3(6)4(7,8)1-9-2-10/h3H,1H2. The quantitative estimate of drug-likeness (QED) is 0.344. The van der Waals surface area contributed by atoms with Crippen molar-refractivity contribution in [2.24, 2.45) is 4.99 Å². The lowest BCUT2D eigenvalue weighted by molar-refractivity contribution is -0.119. The van der Waals surface area contributed by atoms with Crippen molar-refractivity contribution in [3.8, 4) is 0 Å². The first-order valence-corrected chi connectivity index (χ1v) is 2.20. The van der Waals surface area contributed by atoms with Crippen LogP contribution in [0.25, 0.3) is 0 Å². The van der Waals surface area contributed by atoms with Crippen molar-refractivity contribution < 1.29 is 22.4 Å². The lowest BCUT2D eigenvalue weighted by atomic mass is 10.3. The van der Waals surface area contributed by atoms with Gasteiger partial charge in [0.2, 0.25) is 6.08 Å². The van der Waals surface area contributed by atoms with Crippen molar-refractivity contribution in [2.75, 3.05) is 6.54 Å². The van der Waals surface area contributed by atoms with Gasteiger partial charge in [-0.05, 0) is 0 Å². The SMILES string of the molecule is O=C=NCC(F)(F)C(F)F. The van der Waals surface area contributed by atoms with Gasteiger partial charge in [-0.15, -0.1) is 0 Å². The molecule has 0 unspecified atom stereocenters. The number of isocyanates is 1. The third-order valence-electron chi connectivity index (χ3n) is 0.674. The summed E-state index contributed by atoms with van der Waals surface area (Å²) in [5, 5.41) is 0. The summed E-state index contributed by atoms with van der Waals surface area (Å²) in [5.41, 5.74) is 0. The summed E-state index contributed by atoms with van der Waals surface area (Å²) in [6.45, 7) is -1.51. The average Bonchev–Trinajstić information content (AvgIpc) is 1.84. The highest BCUT2D eigenvalue weighted by Gasteiger charge is 2.40. The van der Waals surface area contributed by atoms with Crippen molar-refractivity contribution in [3.63, 3.8) is 0 Å². The van der Waals surface area contributed by atoms with Crippen molar-refractivity contribution in [1.29, 1.82) is 0 Å². The van der Waals surface area contributed by atoms with Gasteiger partial charge in [-0.3, -0.25) is 0 Å². The van der Waals surface area contributed by atoms with Crippen LogP contribution in [0.3, 0.4) is 0 Å². The molecule has 0 radical (unpaired) electrons. The summed E-state index contributed by atoms with van der Waals surface area (Å²) < 4.78 is 45.8. The summed E-state index contributed by atoms with van der Waals surface area (Å²) in [6, 6.07) is 0. The van der Waals surface area contributed by atoms with E-state index in [1.54, 1.807) is 0 Å². The van der Waals surface area contributed by atoms with Gasteiger partial charge in [0.05, 0.1) is 0 Å². The number of carbonyl (C=O) groups excluding carboxylic acids is 1. The minimum absolute atomic E-state index is 0.740. The first-order chi connectivity index (χ1) is 4.50. The van der Waals surface area contributed by atoms with Gasteiger partial charge in [-0.25, -0.2) is 13.6 Å². The fourth-order valence-corrected chi connectivity index (χ4v) is 0.207. The van der Waals surface area contributed by atoms with Crippen LogP contribution in [0.1, 0.15) is 0 Å². The largest absolute Gasteiger partial charge is 0.327 e. The molecular formula is C4H3F4NO. The molecule has 0 saturated heterocycles. The molecule has 0 saturated carbocycles. The molecule has 6 heteroatoms. The predicted octanol–water partition coefficient (Wildman–Crippen LogP) is 1.22. The highest BCUT2D eigenvalue weighted by atomic mass is 19.3. The van der Waals surface area contributed by atoms with Crippen molar-refractivity contribution in [1.82, 2.24) is 0 Å². The second-order valence-electron chi connectivity index (χ2n) is 1.47. The maximum absolute atomic E-state index is 11.7. The minimum Gasteiger partial charge on any atom is -0.211 e. The molecule has 0 aliphatic carbocycles. The number of hydrogen-bond donors (Lipinski definition) is 0. The Morgan fingerprint density at radius 1 is 1.50 bits per heavy atom. The maximum Gasteiger partial charge on any atom is 0.327 e. The van der Waals surface area contributed by atoms with E-state index < -0.39 is 18.9 Å². The minimum atomic E-state index is -4.21. The van der Waals surface area contributed by atoms with E-state index in [9.17, 15) is 22.4 Å². The molecule has 0 aliphatic rings. The Morgan fingerprint density at radius 2 is 2.00 bits per heavy atom. The molecule has 58 valence electrons. The molecule has 0 atom stereocenters. The Bertz CT molecular complexity index is 151. The van der Waals surface area contributed by atoms with Crippen LogP contribution < -0.4 is 0 Å². The number of nitrogens with zero attached hydrogens (tertiary/aromatic N) is 1. The summed E-state index contributed by atoms with van der Waals surface area (Å²) in [7, 11) is 0. The number of alkyl halides is 4. The van der Waals surface area contributed by atoms with Crippen LogP contribution in [0.15, 0.2) is 4.99 Å². The topological polar surface area (TPSA) is 29.4 Å². The zero-order valence-corrected chi connectivity index (χ0v) is 4.65. The van der Waals surface area contributed by atoms with E-state index in [2.05, 4.69) is 4.99 Å². The molecule has 0 fully saturated rings. The normalized spacial score (nSPS) is 11.3. The first kappa shape index (κ1) is 9.10. The van der Waals surface area contributed by atoms with Gasteiger partial charge in [-0.1, -0.05) is 0 Å². The number of rotatable bonds is 3. The summed E-state index contributed by atoms with van der Waals surface area (Å²) in [5.74, 6) is -4.21. The molecule has 0 heterocycles. The Hall–Kier alpha value is -0.900. The van der Waals surface area contributed by atoms with E-state index in [1.807, 2.05) is 0 Å². The van der Waals surface area contributed by atoms with E-state index in [4.69, 9.17) is 0 Å². The Labute approximate surface area is 53.6 Å². The zero-order valence-electron chi connectivity index (χ0n) is 4.65. The van der Waals surface area contributed by atoms with Crippen molar-refractivity contribution in [2.45, 2.75) is 12.3 Å². The molecule has 0 aromatic heterocycles. The second kappa shape index (κ2) is 3.31. The van der Waals surface area contributed by atoms with Crippen LogP contribution in [-0.2, 0) is 4.79 Å². The van der Waals surface area contributed by atoms with Gasteiger partial charge in [0.15, 0.2) is 0 Å². The van der Waals surface area contributed by atoms with Gasteiger partial charge >= 0.3 is 12.3 Å². The van der Waals surface area contributed by atoms with Crippen molar-refractivity contribution in [3.05, 3.63) is 0 Å². The van der Waals surface area contributed by atoms with E-state index >= 15 is 0 Å². The zero-order chi connectivity index (χ0) is 8.20. The molecule has 0 aliphatic heterocycles. The molecule has 0 rings (SSSR count). The Kier molecular flexibility index (Phi) is 3.02. The van der Waals surface area contributed by atoms with Gasteiger partial charge in [0, 0.05) is 0 Å². The highest BCUT2D eigenvalue weighted by molar-refractivity contribution is 5.33. The smallest absolute Gasteiger partial charge is 0.211 e. The fourth-order valence-electron chi connectivity index (χ4n) is 0.207. The molecule has 0 aromatic carbocycles. The predicted molar refractivity (Wildman–Crippen MR) is 23.9 cm³/mol. The van der Waals surface area contributed by atoms with Crippen LogP contribution in [0.5, 0.6) is 0 Å². The lowest BCUT2D eigenvalue weighted by Crippen LogP contribution is -2.29. The highest BCUT2D eigenvalue weighted by Crippen LogP contribution is 2.22. The fraction of sp³-hybridized carbons (Fsp3) is 0.750. The number of hydrogen-bond acceptors (Lipinski definition) is 2. The summed E-state index contributed by atoms with van der Waals surface area (Å²) >= 11 is 0. The van der Waals surface area contributed by atoms with Gasteiger partial charge in [0.25, 0.3) is 0 Å². The summed E-state index contributed by atoms with van der Waals surface area (Å²) in [6.07, 6.45) is -3.05. The molecule has 10 heavy (non-hydrogen) atoms. The number of halogens is 4.